The number of para-hydroxylation sites is 1. The van der Waals surface area contributed by atoms with Gasteiger partial charge in [0.15, 0.2) is 0 Å². The van der Waals surface area contributed by atoms with Crippen molar-refractivity contribution in [3.63, 3.8) is 0 Å². The molecule has 5 heteroatoms. The molecule has 1 saturated heterocycles. The number of carbonyl (C=O) groups excluding carboxylic acids is 2. The maximum absolute atomic E-state index is 12.5. The number of rotatable bonds is 2. The first-order chi connectivity index (χ1) is 11.6. The van der Waals surface area contributed by atoms with Crippen molar-refractivity contribution in [3.05, 3.63) is 53.6 Å². The highest BCUT2D eigenvalue weighted by atomic mass is 16.2. The Balaban J connectivity index is 1.62. The fourth-order valence-electron chi connectivity index (χ4n) is 3.48. The van der Waals surface area contributed by atoms with Crippen LogP contribution in [-0.4, -0.2) is 24.4 Å². The molecule has 0 bridgehead atoms. The molecule has 24 heavy (non-hydrogen) atoms. The summed E-state index contributed by atoms with van der Waals surface area (Å²) in [6.45, 7) is 2.84. The van der Waals surface area contributed by atoms with Gasteiger partial charge in [-0.15, -0.1) is 0 Å². The second kappa shape index (κ2) is 5.67. The van der Waals surface area contributed by atoms with E-state index in [0.717, 1.165) is 42.0 Å². The predicted octanol–water partition coefficient (Wildman–Crippen LogP) is 3.17. The van der Waals surface area contributed by atoms with E-state index in [1.807, 2.05) is 43.3 Å². The first kappa shape index (κ1) is 14.8. The van der Waals surface area contributed by atoms with Crippen molar-refractivity contribution < 1.29 is 9.59 Å². The number of hydrogen-bond donors (Lipinski definition) is 2. The summed E-state index contributed by atoms with van der Waals surface area (Å²) in [7, 11) is 0. The molecule has 2 aliphatic heterocycles. The lowest BCUT2D eigenvalue weighted by Crippen LogP contribution is -2.43. The number of nitrogens with zero attached hydrogens (tertiary/aromatic N) is 1. The van der Waals surface area contributed by atoms with E-state index in [0.29, 0.717) is 5.56 Å². The predicted molar refractivity (Wildman–Crippen MR) is 94.6 cm³/mol. The van der Waals surface area contributed by atoms with Gasteiger partial charge in [0, 0.05) is 17.8 Å². The van der Waals surface area contributed by atoms with E-state index in [1.54, 1.807) is 6.07 Å². The average molecular weight is 321 g/mol. The van der Waals surface area contributed by atoms with Crippen LogP contribution in [0.1, 0.15) is 28.8 Å². The van der Waals surface area contributed by atoms with Gasteiger partial charge in [-0.3, -0.25) is 9.59 Å². The topological polar surface area (TPSA) is 61.4 Å². The van der Waals surface area contributed by atoms with E-state index in [4.69, 9.17) is 0 Å². The van der Waals surface area contributed by atoms with Crippen LogP contribution in [0.5, 0.6) is 0 Å². The minimum absolute atomic E-state index is 0.0245. The van der Waals surface area contributed by atoms with Crippen LogP contribution in [0.15, 0.2) is 42.5 Å². The van der Waals surface area contributed by atoms with Gasteiger partial charge >= 0.3 is 0 Å². The summed E-state index contributed by atoms with van der Waals surface area (Å²) in [5.74, 6) is -0.152. The summed E-state index contributed by atoms with van der Waals surface area (Å²) in [4.78, 5) is 26.9. The fraction of sp³-hybridized carbons (Fsp3) is 0.263. The van der Waals surface area contributed by atoms with Crippen LogP contribution in [0, 0.1) is 6.92 Å². The first-order valence-corrected chi connectivity index (χ1v) is 8.22. The quantitative estimate of drug-likeness (QED) is 0.893. The molecule has 2 aliphatic rings. The van der Waals surface area contributed by atoms with Crippen LogP contribution in [0.25, 0.3) is 0 Å². The minimum atomic E-state index is -0.176. The van der Waals surface area contributed by atoms with Gasteiger partial charge in [-0.1, -0.05) is 18.2 Å². The highest BCUT2D eigenvalue weighted by Gasteiger charge is 2.36. The fourth-order valence-corrected chi connectivity index (χ4v) is 3.48. The summed E-state index contributed by atoms with van der Waals surface area (Å²) in [5, 5.41) is 5.87. The zero-order chi connectivity index (χ0) is 16.7. The number of carbonyl (C=O) groups is 2. The SMILES string of the molecule is Cc1ccccc1NC(=O)c1ccc2c(c1)NC(=O)[C@H]1CCCN21. The van der Waals surface area contributed by atoms with Crippen molar-refractivity contribution in [1.29, 1.82) is 0 Å². The summed E-state index contributed by atoms with van der Waals surface area (Å²) in [6.07, 6.45) is 1.91. The van der Waals surface area contributed by atoms with Gasteiger partial charge in [0.25, 0.3) is 5.91 Å². The third kappa shape index (κ3) is 2.42. The molecule has 0 unspecified atom stereocenters. The summed E-state index contributed by atoms with van der Waals surface area (Å²) in [5.41, 5.74) is 4.07. The second-order valence-electron chi connectivity index (χ2n) is 6.34. The number of hydrogen-bond acceptors (Lipinski definition) is 3. The van der Waals surface area contributed by atoms with Gasteiger partial charge in [-0.2, -0.15) is 0 Å². The van der Waals surface area contributed by atoms with Gasteiger partial charge in [0.1, 0.15) is 6.04 Å². The zero-order valence-electron chi connectivity index (χ0n) is 13.5. The first-order valence-electron chi connectivity index (χ1n) is 8.22. The molecule has 0 saturated carbocycles. The smallest absolute Gasteiger partial charge is 0.255 e. The lowest BCUT2D eigenvalue weighted by molar-refractivity contribution is -0.117. The molecule has 1 atom stereocenters. The Labute approximate surface area is 140 Å². The highest BCUT2D eigenvalue weighted by Crippen LogP contribution is 2.37. The Morgan fingerprint density at radius 2 is 2.08 bits per heavy atom. The van der Waals surface area contributed by atoms with Crippen LogP contribution in [-0.2, 0) is 4.79 Å². The number of amides is 2. The van der Waals surface area contributed by atoms with Crippen molar-refractivity contribution in [1.82, 2.24) is 0 Å². The molecular formula is C19H19N3O2. The van der Waals surface area contributed by atoms with E-state index in [9.17, 15) is 9.59 Å². The van der Waals surface area contributed by atoms with E-state index in [1.165, 1.54) is 0 Å². The molecule has 2 aromatic rings. The Hall–Kier alpha value is -2.82. The van der Waals surface area contributed by atoms with Crippen LogP contribution in [0.2, 0.25) is 0 Å². The Morgan fingerprint density at radius 3 is 2.92 bits per heavy atom. The molecule has 1 fully saturated rings. The van der Waals surface area contributed by atoms with E-state index in [2.05, 4.69) is 15.5 Å². The maximum Gasteiger partial charge on any atom is 0.255 e. The molecule has 0 aromatic heterocycles. The number of fused-ring (bicyclic) bond motifs is 3. The van der Waals surface area contributed by atoms with Crippen LogP contribution in [0.3, 0.4) is 0 Å². The zero-order valence-corrected chi connectivity index (χ0v) is 13.5. The summed E-state index contributed by atoms with van der Waals surface area (Å²) >= 11 is 0. The van der Waals surface area contributed by atoms with Crippen molar-refractivity contribution in [3.8, 4) is 0 Å². The molecule has 0 aliphatic carbocycles. The normalized spacial score (nSPS) is 18.6. The second-order valence-corrected chi connectivity index (χ2v) is 6.34. The Morgan fingerprint density at radius 1 is 1.25 bits per heavy atom. The van der Waals surface area contributed by atoms with Crippen LogP contribution < -0.4 is 15.5 Å². The molecule has 2 amide bonds. The van der Waals surface area contributed by atoms with E-state index >= 15 is 0 Å². The van der Waals surface area contributed by atoms with Crippen LogP contribution >= 0.6 is 0 Å². The summed E-state index contributed by atoms with van der Waals surface area (Å²) < 4.78 is 0. The van der Waals surface area contributed by atoms with E-state index < -0.39 is 0 Å². The number of nitrogens with one attached hydrogen (secondary N) is 2. The Bertz CT molecular complexity index is 831. The molecule has 2 N–H and O–H groups in total. The molecule has 5 nitrogen and oxygen atoms in total. The van der Waals surface area contributed by atoms with E-state index in [-0.39, 0.29) is 17.9 Å². The third-order valence-electron chi connectivity index (χ3n) is 4.77. The molecule has 2 heterocycles. The standard InChI is InChI=1S/C19H19N3O2/c1-12-5-2-3-6-14(12)20-18(23)13-8-9-16-15(11-13)21-19(24)17-7-4-10-22(16)17/h2-3,5-6,8-9,11,17H,4,7,10H2,1H3,(H,20,23)(H,21,24)/t17-/m1/s1. The van der Waals surface area contributed by atoms with Gasteiger partial charge in [0.05, 0.1) is 11.4 Å². The molecule has 2 aromatic carbocycles. The maximum atomic E-state index is 12.5. The van der Waals surface area contributed by atoms with Gasteiger partial charge < -0.3 is 15.5 Å². The largest absolute Gasteiger partial charge is 0.358 e. The number of aryl methyl sites for hydroxylation is 1. The van der Waals surface area contributed by atoms with Gasteiger partial charge in [0.2, 0.25) is 5.91 Å². The molecule has 0 spiro atoms. The lowest BCUT2D eigenvalue weighted by Gasteiger charge is -2.33. The molecule has 4 rings (SSSR count). The molecule has 122 valence electrons. The van der Waals surface area contributed by atoms with Crippen molar-refractivity contribution in [2.45, 2.75) is 25.8 Å². The van der Waals surface area contributed by atoms with Crippen molar-refractivity contribution in [2.24, 2.45) is 0 Å². The molecule has 0 radical (unpaired) electrons. The van der Waals surface area contributed by atoms with Gasteiger partial charge in [-0.25, -0.2) is 0 Å². The number of benzene rings is 2. The van der Waals surface area contributed by atoms with Crippen molar-refractivity contribution >= 4 is 28.9 Å². The third-order valence-corrected chi connectivity index (χ3v) is 4.77. The Kier molecular flexibility index (Phi) is 3.49. The average Bonchev–Trinajstić information content (AvgIpc) is 3.07. The number of anilines is 3. The molecular weight excluding hydrogens is 302 g/mol. The lowest BCUT2D eigenvalue weighted by atomic mass is 10.1. The highest BCUT2D eigenvalue weighted by molar-refractivity contribution is 6.09. The van der Waals surface area contributed by atoms with Crippen molar-refractivity contribution in [2.75, 3.05) is 22.1 Å². The van der Waals surface area contributed by atoms with Crippen LogP contribution in [0.4, 0.5) is 17.1 Å². The monoisotopic (exact) mass is 321 g/mol. The minimum Gasteiger partial charge on any atom is -0.358 e. The summed E-state index contributed by atoms with van der Waals surface area (Å²) in [6, 6.07) is 13.1. The van der Waals surface area contributed by atoms with Gasteiger partial charge in [-0.05, 0) is 49.6 Å².